The van der Waals surface area contributed by atoms with E-state index in [0.29, 0.717) is 16.7 Å². The van der Waals surface area contributed by atoms with Crippen LogP contribution in [-0.2, 0) is 14.3 Å². The zero-order chi connectivity index (χ0) is 14.7. The van der Waals surface area contributed by atoms with Gasteiger partial charge in [0.2, 0.25) is 0 Å². The maximum absolute atomic E-state index is 11.8. The first kappa shape index (κ1) is 13.8. The molecule has 2 aromatic rings. The van der Waals surface area contributed by atoms with Crippen molar-refractivity contribution in [2.45, 2.75) is 13.0 Å². The first-order valence-corrected chi connectivity index (χ1v) is 5.96. The van der Waals surface area contributed by atoms with Crippen LogP contribution in [0.1, 0.15) is 6.92 Å². The summed E-state index contributed by atoms with van der Waals surface area (Å²) in [6.07, 6.45) is 0. The van der Waals surface area contributed by atoms with Gasteiger partial charge in [0.15, 0.2) is 6.04 Å². The number of rotatable bonds is 4. The van der Waals surface area contributed by atoms with Crippen LogP contribution < -0.4 is 16.7 Å². The third kappa shape index (κ3) is 2.86. The molecule has 0 aliphatic rings. The van der Waals surface area contributed by atoms with E-state index in [2.05, 4.69) is 20.0 Å². The maximum Gasteiger partial charge on any atom is 0.332 e. The quantitative estimate of drug-likeness (QED) is 0.450. The molecule has 8 nitrogen and oxygen atoms in total. The van der Waals surface area contributed by atoms with Crippen LogP contribution in [0.25, 0.3) is 11.0 Å². The molecule has 8 heteroatoms. The van der Waals surface area contributed by atoms with Crippen molar-refractivity contribution in [2.75, 3.05) is 11.9 Å². The Balaban J connectivity index is 2.13. The second-order valence-corrected chi connectivity index (χ2v) is 4.06. The number of aromatic amines is 2. The average Bonchev–Trinajstić information content (AvgIpc) is 2.77. The number of hydrogen-bond donors (Lipinski definition) is 4. The van der Waals surface area contributed by atoms with Crippen LogP contribution in [0, 0.1) is 0 Å². The molecule has 1 aromatic heterocycles. The Morgan fingerprint density at radius 2 is 2.05 bits per heavy atom. The molecule has 1 heterocycles. The average molecular weight is 278 g/mol. The number of fused-ring (bicyclic) bond motifs is 1. The zero-order valence-electron chi connectivity index (χ0n) is 10.7. The number of aromatic nitrogens is 2. The predicted octanol–water partition coefficient (Wildman–Crippen LogP) is -0.315. The number of ether oxygens (including phenoxy) is 1. The summed E-state index contributed by atoms with van der Waals surface area (Å²) in [6.45, 7) is 1.77. The molecule has 1 unspecified atom stereocenters. The fourth-order valence-corrected chi connectivity index (χ4v) is 1.67. The van der Waals surface area contributed by atoms with Crippen molar-refractivity contribution in [1.29, 1.82) is 0 Å². The number of imidazole rings is 1. The Hall–Kier alpha value is -2.61. The van der Waals surface area contributed by atoms with E-state index >= 15 is 0 Å². The lowest BCUT2D eigenvalue weighted by Crippen LogP contribution is -2.43. The Morgan fingerprint density at radius 3 is 2.75 bits per heavy atom. The highest BCUT2D eigenvalue weighted by molar-refractivity contribution is 6.08. The Kier molecular flexibility index (Phi) is 3.85. The number of H-pyrrole nitrogens is 2. The molecular weight excluding hydrogens is 264 g/mol. The second-order valence-electron chi connectivity index (χ2n) is 4.06. The molecule has 0 radical (unpaired) electrons. The molecule has 0 saturated carbocycles. The van der Waals surface area contributed by atoms with Gasteiger partial charge in [0.25, 0.3) is 5.91 Å². The molecule has 0 fully saturated rings. The third-order valence-electron chi connectivity index (χ3n) is 2.61. The molecule has 1 atom stereocenters. The molecule has 0 spiro atoms. The molecule has 20 heavy (non-hydrogen) atoms. The maximum atomic E-state index is 11.8. The topological polar surface area (TPSA) is 130 Å². The van der Waals surface area contributed by atoms with Crippen LogP contribution in [0.4, 0.5) is 5.69 Å². The molecule has 5 N–H and O–H groups in total. The van der Waals surface area contributed by atoms with E-state index in [-0.39, 0.29) is 12.3 Å². The second kappa shape index (κ2) is 5.57. The number of benzene rings is 1. The van der Waals surface area contributed by atoms with Gasteiger partial charge in [-0.1, -0.05) is 0 Å². The van der Waals surface area contributed by atoms with Gasteiger partial charge in [-0.3, -0.25) is 4.79 Å². The van der Waals surface area contributed by atoms with Crippen molar-refractivity contribution < 1.29 is 14.3 Å². The van der Waals surface area contributed by atoms with Crippen molar-refractivity contribution in [3.05, 3.63) is 28.7 Å². The number of carbonyl (C=O) groups excluding carboxylic acids is 2. The Morgan fingerprint density at radius 1 is 1.35 bits per heavy atom. The number of esters is 1. The number of carbonyl (C=O) groups is 2. The van der Waals surface area contributed by atoms with E-state index in [1.54, 1.807) is 25.1 Å². The molecule has 0 aliphatic carbocycles. The van der Waals surface area contributed by atoms with Crippen LogP contribution in [0.2, 0.25) is 0 Å². The number of nitrogens with two attached hydrogens (primary N) is 1. The third-order valence-corrected chi connectivity index (χ3v) is 2.61. The minimum absolute atomic E-state index is 0.149. The minimum atomic E-state index is -1.39. The monoisotopic (exact) mass is 278 g/mol. The van der Waals surface area contributed by atoms with E-state index in [1.807, 2.05) is 0 Å². The highest BCUT2D eigenvalue weighted by Gasteiger charge is 2.23. The first-order chi connectivity index (χ1) is 9.51. The number of hydrogen-bond acceptors (Lipinski definition) is 5. The lowest BCUT2D eigenvalue weighted by Gasteiger charge is -2.11. The highest BCUT2D eigenvalue weighted by atomic mass is 16.5. The SMILES string of the molecule is CCOC(=O)C(N)C(=O)Nc1ccc2[nH]c(=O)[nH]c2c1. The number of nitrogens with one attached hydrogen (secondary N) is 3. The molecule has 1 aromatic carbocycles. The van der Waals surface area contributed by atoms with Crippen molar-refractivity contribution in [3.63, 3.8) is 0 Å². The minimum Gasteiger partial charge on any atom is -0.464 e. The standard InChI is InChI=1S/C12H14N4O4/c1-2-20-11(18)9(13)10(17)14-6-3-4-7-8(5-6)16-12(19)15-7/h3-5,9H,2,13H2,1H3,(H,14,17)(H2,15,16,19). The van der Waals surface area contributed by atoms with E-state index in [1.165, 1.54) is 0 Å². The fourth-order valence-electron chi connectivity index (χ4n) is 1.67. The predicted molar refractivity (Wildman–Crippen MR) is 72.2 cm³/mol. The van der Waals surface area contributed by atoms with Crippen molar-refractivity contribution in [1.82, 2.24) is 9.97 Å². The lowest BCUT2D eigenvalue weighted by molar-refractivity contribution is -0.146. The normalized spacial score (nSPS) is 12.1. The van der Waals surface area contributed by atoms with Crippen molar-refractivity contribution >= 4 is 28.6 Å². The summed E-state index contributed by atoms with van der Waals surface area (Å²) in [7, 11) is 0. The Labute approximate surface area is 113 Å². The number of anilines is 1. The molecule has 0 bridgehead atoms. The summed E-state index contributed by atoms with van der Waals surface area (Å²) >= 11 is 0. The molecule has 1 amide bonds. The summed E-state index contributed by atoms with van der Waals surface area (Å²) in [5.74, 6) is -1.47. The van der Waals surface area contributed by atoms with Gasteiger partial charge >= 0.3 is 11.7 Å². The highest BCUT2D eigenvalue weighted by Crippen LogP contribution is 2.14. The summed E-state index contributed by atoms with van der Waals surface area (Å²) in [5.41, 5.74) is 6.69. The van der Waals surface area contributed by atoms with Gasteiger partial charge in [-0.25, -0.2) is 9.59 Å². The molecule has 106 valence electrons. The summed E-state index contributed by atoms with van der Waals surface area (Å²) in [6, 6.07) is 3.37. The lowest BCUT2D eigenvalue weighted by atomic mass is 10.2. The fraction of sp³-hybridized carbons (Fsp3) is 0.250. The van der Waals surface area contributed by atoms with Gasteiger partial charge in [0, 0.05) is 5.69 Å². The first-order valence-electron chi connectivity index (χ1n) is 5.96. The van der Waals surface area contributed by atoms with Crippen molar-refractivity contribution in [2.24, 2.45) is 5.73 Å². The van der Waals surface area contributed by atoms with Gasteiger partial charge in [0.1, 0.15) is 0 Å². The van der Waals surface area contributed by atoms with Crippen molar-refractivity contribution in [3.8, 4) is 0 Å². The summed E-state index contributed by atoms with van der Waals surface area (Å²) in [5, 5.41) is 2.48. The largest absolute Gasteiger partial charge is 0.464 e. The van der Waals surface area contributed by atoms with E-state index in [0.717, 1.165) is 0 Å². The molecule has 2 rings (SSSR count). The van der Waals surface area contributed by atoms with E-state index in [9.17, 15) is 14.4 Å². The summed E-state index contributed by atoms with van der Waals surface area (Å²) < 4.78 is 4.66. The molecular formula is C12H14N4O4. The van der Waals surface area contributed by atoms with Gasteiger partial charge in [0.05, 0.1) is 17.6 Å². The van der Waals surface area contributed by atoms with Crippen LogP contribution in [-0.4, -0.2) is 34.5 Å². The zero-order valence-corrected chi connectivity index (χ0v) is 10.7. The van der Waals surface area contributed by atoms with Crippen LogP contribution >= 0.6 is 0 Å². The number of amides is 1. The Bertz CT molecular complexity index is 703. The van der Waals surface area contributed by atoms with Gasteiger partial charge in [-0.2, -0.15) is 0 Å². The van der Waals surface area contributed by atoms with Crippen LogP contribution in [0.15, 0.2) is 23.0 Å². The molecule has 0 saturated heterocycles. The molecule has 0 aliphatic heterocycles. The van der Waals surface area contributed by atoms with Crippen LogP contribution in [0.3, 0.4) is 0 Å². The smallest absolute Gasteiger partial charge is 0.332 e. The van der Waals surface area contributed by atoms with E-state index in [4.69, 9.17) is 5.73 Å². The van der Waals surface area contributed by atoms with Gasteiger partial charge in [-0.05, 0) is 25.1 Å². The van der Waals surface area contributed by atoms with Gasteiger partial charge in [-0.15, -0.1) is 0 Å². The van der Waals surface area contributed by atoms with Gasteiger partial charge < -0.3 is 25.8 Å². The summed E-state index contributed by atoms with van der Waals surface area (Å²) in [4.78, 5) is 39.3. The van der Waals surface area contributed by atoms with E-state index < -0.39 is 17.9 Å². The van der Waals surface area contributed by atoms with Crippen LogP contribution in [0.5, 0.6) is 0 Å².